The molecule has 20 heavy (non-hydrogen) atoms. The largest absolute Gasteiger partial charge is 0.481 e. The quantitative estimate of drug-likeness (QED) is 0.880. The molecule has 0 saturated heterocycles. The number of amides is 1. The van der Waals surface area contributed by atoms with Crippen molar-refractivity contribution in [2.45, 2.75) is 32.8 Å². The molecule has 2 rings (SSSR count). The van der Waals surface area contributed by atoms with Crippen molar-refractivity contribution in [3.63, 3.8) is 0 Å². The molecule has 106 valence electrons. The molecule has 1 amide bonds. The number of nitrogens with zero attached hydrogens (tertiary/aromatic N) is 1. The number of benzene rings is 1. The first-order chi connectivity index (χ1) is 9.56. The molecule has 0 aliphatic carbocycles. The van der Waals surface area contributed by atoms with Crippen LogP contribution in [0.3, 0.4) is 0 Å². The molecule has 0 saturated carbocycles. The van der Waals surface area contributed by atoms with Gasteiger partial charge >= 0.3 is 0 Å². The van der Waals surface area contributed by atoms with E-state index in [1.165, 1.54) is 0 Å². The number of rotatable bonds is 5. The molecule has 2 N–H and O–H groups in total. The van der Waals surface area contributed by atoms with Crippen LogP contribution in [0.2, 0.25) is 0 Å². The van der Waals surface area contributed by atoms with Crippen LogP contribution in [0.25, 0.3) is 0 Å². The van der Waals surface area contributed by atoms with Gasteiger partial charge in [-0.1, -0.05) is 32.0 Å². The van der Waals surface area contributed by atoms with E-state index < -0.39 is 6.10 Å². The number of para-hydroxylation sites is 1. The van der Waals surface area contributed by atoms with Gasteiger partial charge in [0.25, 0.3) is 5.91 Å². The molecule has 1 aromatic carbocycles. The van der Waals surface area contributed by atoms with Crippen LogP contribution in [0.4, 0.5) is 5.82 Å². The number of carbonyl (C=O) groups excluding carboxylic acids is 1. The highest BCUT2D eigenvalue weighted by atomic mass is 16.5. The molecular formula is C15H19N3O2. The Bertz CT molecular complexity index is 564. The van der Waals surface area contributed by atoms with Crippen LogP contribution in [0.5, 0.6) is 5.75 Å². The molecule has 1 unspecified atom stereocenters. The van der Waals surface area contributed by atoms with Crippen molar-refractivity contribution in [3.05, 3.63) is 42.1 Å². The van der Waals surface area contributed by atoms with Gasteiger partial charge in [0.2, 0.25) is 0 Å². The molecule has 0 radical (unpaired) electrons. The molecule has 2 aromatic rings. The second kappa shape index (κ2) is 6.23. The summed E-state index contributed by atoms with van der Waals surface area (Å²) in [7, 11) is 0. The molecule has 1 heterocycles. The summed E-state index contributed by atoms with van der Waals surface area (Å²) in [5.41, 5.74) is 0.983. The highest BCUT2D eigenvalue weighted by molar-refractivity contribution is 5.93. The van der Waals surface area contributed by atoms with E-state index >= 15 is 0 Å². The Morgan fingerprint density at radius 2 is 1.95 bits per heavy atom. The second-order valence-corrected chi connectivity index (χ2v) is 4.93. The number of hydrogen-bond acceptors (Lipinski definition) is 3. The number of H-pyrrole nitrogens is 1. The van der Waals surface area contributed by atoms with E-state index in [2.05, 4.69) is 29.4 Å². The third-order valence-corrected chi connectivity index (χ3v) is 2.90. The second-order valence-electron chi connectivity index (χ2n) is 4.93. The number of aromatic nitrogens is 2. The third-order valence-electron chi connectivity index (χ3n) is 2.90. The summed E-state index contributed by atoms with van der Waals surface area (Å²) in [6.07, 6.45) is -0.586. The number of nitrogens with one attached hydrogen (secondary N) is 2. The molecule has 1 atom stereocenters. The molecule has 0 spiro atoms. The minimum Gasteiger partial charge on any atom is -0.481 e. The first-order valence-corrected chi connectivity index (χ1v) is 6.64. The van der Waals surface area contributed by atoms with E-state index in [9.17, 15) is 4.79 Å². The van der Waals surface area contributed by atoms with E-state index in [0.29, 0.717) is 17.5 Å². The summed E-state index contributed by atoms with van der Waals surface area (Å²) in [5, 5.41) is 9.68. The lowest BCUT2D eigenvalue weighted by Gasteiger charge is -2.13. The van der Waals surface area contributed by atoms with Gasteiger partial charge in [-0.2, -0.15) is 5.10 Å². The third kappa shape index (κ3) is 3.60. The first kappa shape index (κ1) is 14.1. The van der Waals surface area contributed by atoms with E-state index in [-0.39, 0.29) is 5.91 Å². The minimum atomic E-state index is -0.586. The number of carbonyl (C=O) groups is 1. The summed E-state index contributed by atoms with van der Waals surface area (Å²) in [6.45, 7) is 5.82. The SMILES string of the molecule is CC(Oc1ccccc1)C(=O)Nc1cc(C(C)C)[nH]n1. The van der Waals surface area contributed by atoms with Crippen molar-refractivity contribution in [1.29, 1.82) is 0 Å². The summed E-state index contributed by atoms with van der Waals surface area (Å²) in [4.78, 5) is 12.0. The lowest BCUT2D eigenvalue weighted by atomic mass is 10.1. The van der Waals surface area contributed by atoms with Crippen molar-refractivity contribution in [1.82, 2.24) is 10.2 Å². The van der Waals surface area contributed by atoms with E-state index in [4.69, 9.17) is 4.74 Å². The summed E-state index contributed by atoms with van der Waals surface area (Å²) in [6, 6.07) is 11.1. The lowest BCUT2D eigenvalue weighted by Crippen LogP contribution is -2.30. The van der Waals surface area contributed by atoms with Crippen LogP contribution in [0, 0.1) is 0 Å². The Morgan fingerprint density at radius 1 is 1.25 bits per heavy atom. The van der Waals surface area contributed by atoms with Crippen molar-refractivity contribution in [2.75, 3.05) is 5.32 Å². The van der Waals surface area contributed by atoms with E-state index in [1.807, 2.05) is 36.4 Å². The number of aromatic amines is 1. The lowest BCUT2D eigenvalue weighted by molar-refractivity contribution is -0.122. The maximum atomic E-state index is 12.0. The molecule has 0 aliphatic rings. The smallest absolute Gasteiger partial charge is 0.266 e. The Morgan fingerprint density at radius 3 is 2.55 bits per heavy atom. The Balaban J connectivity index is 1.93. The van der Waals surface area contributed by atoms with Crippen LogP contribution >= 0.6 is 0 Å². The van der Waals surface area contributed by atoms with Gasteiger partial charge in [0, 0.05) is 11.8 Å². The summed E-state index contributed by atoms with van der Waals surface area (Å²) in [5.74, 6) is 1.30. The average Bonchev–Trinajstić information content (AvgIpc) is 2.88. The molecule has 0 aliphatic heterocycles. The van der Waals surface area contributed by atoms with Gasteiger partial charge in [0.15, 0.2) is 11.9 Å². The van der Waals surface area contributed by atoms with Crippen LogP contribution in [-0.4, -0.2) is 22.2 Å². The zero-order chi connectivity index (χ0) is 14.5. The standard InChI is InChI=1S/C15H19N3O2/c1-10(2)13-9-14(18-17-13)16-15(19)11(3)20-12-7-5-4-6-8-12/h4-11H,1-3H3,(H2,16,17,18,19). The summed E-state index contributed by atoms with van der Waals surface area (Å²) < 4.78 is 5.55. The molecule has 5 heteroatoms. The fourth-order valence-corrected chi connectivity index (χ4v) is 1.68. The van der Waals surface area contributed by atoms with Gasteiger partial charge in [-0.15, -0.1) is 0 Å². The number of ether oxygens (including phenoxy) is 1. The fraction of sp³-hybridized carbons (Fsp3) is 0.333. The van der Waals surface area contributed by atoms with Crippen molar-refractivity contribution in [3.8, 4) is 5.75 Å². The zero-order valence-electron chi connectivity index (χ0n) is 11.9. The Labute approximate surface area is 118 Å². The Kier molecular flexibility index (Phi) is 4.40. The average molecular weight is 273 g/mol. The highest BCUT2D eigenvalue weighted by Gasteiger charge is 2.16. The van der Waals surface area contributed by atoms with Gasteiger partial charge in [-0.3, -0.25) is 9.89 Å². The van der Waals surface area contributed by atoms with Crippen molar-refractivity contribution in [2.24, 2.45) is 0 Å². The number of hydrogen-bond donors (Lipinski definition) is 2. The monoisotopic (exact) mass is 273 g/mol. The zero-order valence-corrected chi connectivity index (χ0v) is 11.9. The fourth-order valence-electron chi connectivity index (χ4n) is 1.68. The van der Waals surface area contributed by atoms with Gasteiger partial charge in [0.1, 0.15) is 5.75 Å². The van der Waals surface area contributed by atoms with E-state index in [1.54, 1.807) is 6.92 Å². The molecule has 0 fully saturated rings. The first-order valence-electron chi connectivity index (χ1n) is 6.64. The molecule has 1 aromatic heterocycles. The molecular weight excluding hydrogens is 254 g/mol. The van der Waals surface area contributed by atoms with E-state index in [0.717, 1.165) is 5.69 Å². The topological polar surface area (TPSA) is 67.0 Å². The van der Waals surface area contributed by atoms with Crippen LogP contribution in [0.15, 0.2) is 36.4 Å². The number of anilines is 1. The van der Waals surface area contributed by atoms with Crippen LogP contribution < -0.4 is 10.1 Å². The van der Waals surface area contributed by atoms with Crippen molar-refractivity contribution >= 4 is 11.7 Å². The normalized spacial score (nSPS) is 12.2. The summed E-state index contributed by atoms with van der Waals surface area (Å²) >= 11 is 0. The Hall–Kier alpha value is -2.30. The van der Waals surface area contributed by atoms with Gasteiger partial charge in [-0.05, 0) is 25.0 Å². The van der Waals surface area contributed by atoms with Crippen LogP contribution in [-0.2, 0) is 4.79 Å². The maximum Gasteiger partial charge on any atom is 0.266 e. The van der Waals surface area contributed by atoms with Gasteiger partial charge < -0.3 is 10.1 Å². The van der Waals surface area contributed by atoms with Gasteiger partial charge in [0.05, 0.1) is 0 Å². The predicted octanol–water partition coefficient (Wildman–Crippen LogP) is 2.94. The highest BCUT2D eigenvalue weighted by Crippen LogP contribution is 2.16. The minimum absolute atomic E-state index is 0.226. The molecule has 0 bridgehead atoms. The van der Waals surface area contributed by atoms with Crippen LogP contribution in [0.1, 0.15) is 32.4 Å². The van der Waals surface area contributed by atoms with Gasteiger partial charge in [-0.25, -0.2) is 0 Å². The predicted molar refractivity (Wildman–Crippen MR) is 77.8 cm³/mol. The van der Waals surface area contributed by atoms with Crippen molar-refractivity contribution < 1.29 is 9.53 Å². The maximum absolute atomic E-state index is 12.0. The molecule has 5 nitrogen and oxygen atoms in total.